The molecule has 1 aliphatic heterocycles. The zero-order valence-electron chi connectivity index (χ0n) is 10.6. The first-order valence-electron chi connectivity index (χ1n) is 6.31. The Labute approximate surface area is 113 Å². The maximum atomic E-state index is 13.2. The lowest BCUT2D eigenvalue weighted by atomic mass is 10.2. The Balaban J connectivity index is 1.73. The number of rotatable bonds is 3. The highest BCUT2D eigenvalue weighted by atomic mass is 19.2. The number of hydrogen-bond acceptors (Lipinski definition) is 5. The van der Waals surface area contributed by atoms with Crippen LogP contribution in [0, 0.1) is 11.6 Å². The predicted molar refractivity (Wildman–Crippen MR) is 66.0 cm³/mol. The van der Waals surface area contributed by atoms with Crippen molar-refractivity contribution in [2.75, 3.05) is 19.8 Å². The molecule has 1 aromatic carbocycles. The van der Waals surface area contributed by atoms with E-state index in [4.69, 9.17) is 9.26 Å². The van der Waals surface area contributed by atoms with Crippen LogP contribution in [0.3, 0.4) is 0 Å². The summed E-state index contributed by atoms with van der Waals surface area (Å²) >= 11 is 0. The van der Waals surface area contributed by atoms with Gasteiger partial charge in [-0.15, -0.1) is 0 Å². The van der Waals surface area contributed by atoms with Crippen molar-refractivity contribution in [3.8, 4) is 11.4 Å². The molecule has 2 heterocycles. The molecule has 1 N–H and O–H groups in total. The van der Waals surface area contributed by atoms with Crippen molar-refractivity contribution in [2.45, 2.75) is 12.5 Å². The van der Waals surface area contributed by atoms with E-state index in [9.17, 15) is 8.78 Å². The predicted octanol–water partition coefficient (Wildman–Crippen LogP) is 1.55. The second kappa shape index (κ2) is 5.64. The number of morpholine rings is 1. The fraction of sp³-hybridized carbons (Fsp3) is 0.385. The molecule has 0 bridgehead atoms. The van der Waals surface area contributed by atoms with E-state index in [1.807, 2.05) is 0 Å². The van der Waals surface area contributed by atoms with E-state index in [1.165, 1.54) is 6.07 Å². The van der Waals surface area contributed by atoms with Crippen LogP contribution in [0.2, 0.25) is 0 Å². The van der Waals surface area contributed by atoms with Crippen LogP contribution >= 0.6 is 0 Å². The van der Waals surface area contributed by atoms with Crippen molar-refractivity contribution in [1.29, 1.82) is 0 Å². The molecule has 0 aliphatic carbocycles. The van der Waals surface area contributed by atoms with E-state index in [-0.39, 0.29) is 11.9 Å². The molecule has 5 nitrogen and oxygen atoms in total. The molecule has 20 heavy (non-hydrogen) atoms. The summed E-state index contributed by atoms with van der Waals surface area (Å²) in [7, 11) is 0. The molecule has 106 valence electrons. The second-order valence-electron chi connectivity index (χ2n) is 4.57. The van der Waals surface area contributed by atoms with Gasteiger partial charge in [0.1, 0.15) is 0 Å². The third-order valence-corrected chi connectivity index (χ3v) is 3.07. The SMILES string of the molecule is Fc1ccc(-c2noc(CC3COCCN3)n2)cc1F. The smallest absolute Gasteiger partial charge is 0.228 e. The molecule has 7 heteroatoms. The van der Waals surface area contributed by atoms with Gasteiger partial charge in [0, 0.05) is 24.6 Å². The fourth-order valence-corrected chi connectivity index (χ4v) is 2.05. The van der Waals surface area contributed by atoms with E-state index >= 15 is 0 Å². The second-order valence-corrected chi connectivity index (χ2v) is 4.57. The lowest BCUT2D eigenvalue weighted by Gasteiger charge is -2.22. The Morgan fingerprint density at radius 3 is 2.95 bits per heavy atom. The summed E-state index contributed by atoms with van der Waals surface area (Å²) in [6.07, 6.45) is 0.538. The van der Waals surface area contributed by atoms with Crippen LogP contribution in [-0.4, -0.2) is 35.9 Å². The van der Waals surface area contributed by atoms with Gasteiger partial charge in [0.2, 0.25) is 11.7 Å². The Kier molecular flexibility index (Phi) is 3.70. The summed E-state index contributed by atoms with van der Waals surface area (Å²) < 4.78 is 36.5. The molecule has 0 amide bonds. The summed E-state index contributed by atoms with van der Waals surface area (Å²) in [6.45, 7) is 2.07. The molecule has 0 saturated carbocycles. The maximum absolute atomic E-state index is 13.2. The number of ether oxygens (including phenoxy) is 1. The quantitative estimate of drug-likeness (QED) is 0.925. The summed E-state index contributed by atoms with van der Waals surface area (Å²) in [4.78, 5) is 4.18. The van der Waals surface area contributed by atoms with Crippen molar-refractivity contribution in [1.82, 2.24) is 15.5 Å². The van der Waals surface area contributed by atoms with Crippen LogP contribution in [0.1, 0.15) is 5.89 Å². The van der Waals surface area contributed by atoms with Gasteiger partial charge < -0.3 is 14.6 Å². The summed E-state index contributed by atoms with van der Waals surface area (Å²) in [5.74, 6) is -1.15. The van der Waals surface area contributed by atoms with Crippen LogP contribution < -0.4 is 5.32 Å². The van der Waals surface area contributed by atoms with Crippen molar-refractivity contribution in [2.24, 2.45) is 0 Å². The maximum Gasteiger partial charge on any atom is 0.228 e. The monoisotopic (exact) mass is 281 g/mol. The molecule has 1 aromatic heterocycles. The van der Waals surface area contributed by atoms with E-state index in [0.717, 1.165) is 18.7 Å². The highest BCUT2D eigenvalue weighted by molar-refractivity contribution is 5.54. The zero-order chi connectivity index (χ0) is 13.9. The summed E-state index contributed by atoms with van der Waals surface area (Å²) in [5, 5.41) is 7.05. The largest absolute Gasteiger partial charge is 0.378 e. The first-order valence-corrected chi connectivity index (χ1v) is 6.31. The van der Waals surface area contributed by atoms with Crippen molar-refractivity contribution in [3.05, 3.63) is 35.7 Å². The summed E-state index contributed by atoms with van der Waals surface area (Å²) in [5.41, 5.74) is 0.381. The van der Waals surface area contributed by atoms with Crippen LogP contribution in [0.15, 0.2) is 22.7 Å². The average Bonchev–Trinajstić information content (AvgIpc) is 2.91. The molecule has 0 radical (unpaired) electrons. The third-order valence-electron chi connectivity index (χ3n) is 3.07. The fourth-order valence-electron chi connectivity index (χ4n) is 2.05. The van der Waals surface area contributed by atoms with Crippen LogP contribution in [-0.2, 0) is 11.2 Å². The van der Waals surface area contributed by atoms with E-state index < -0.39 is 11.6 Å². The normalized spacial score (nSPS) is 19.2. The number of hydrogen-bond donors (Lipinski definition) is 1. The molecule has 2 aromatic rings. The summed E-state index contributed by atoms with van der Waals surface area (Å²) in [6, 6.07) is 3.63. The third kappa shape index (κ3) is 2.83. The minimum atomic E-state index is -0.934. The molecular weight excluding hydrogens is 268 g/mol. The lowest BCUT2D eigenvalue weighted by molar-refractivity contribution is 0.0744. The van der Waals surface area contributed by atoms with Gasteiger partial charge in [-0.3, -0.25) is 0 Å². The number of benzene rings is 1. The number of nitrogens with one attached hydrogen (secondary N) is 1. The molecule has 1 fully saturated rings. The molecule has 0 spiro atoms. The van der Waals surface area contributed by atoms with Gasteiger partial charge in [-0.1, -0.05) is 5.16 Å². The molecule has 1 aliphatic rings. The van der Waals surface area contributed by atoms with E-state index in [0.29, 0.717) is 31.1 Å². The molecule has 1 atom stereocenters. The van der Waals surface area contributed by atoms with Crippen molar-refractivity contribution >= 4 is 0 Å². The highest BCUT2D eigenvalue weighted by Crippen LogP contribution is 2.19. The molecule has 1 saturated heterocycles. The van der Waals surface area contributed by atoms with Gasteiger partial charge >= 0.3 is 0 Å². The minimum absolute atomic E-state index is 0.127. The van der Waals surface area contributed by atoms with E-state index in [1.54, 1.807) is 0 Å². The van der Waals surface area contributed by atoms with Gasteiger partial charge in [-0.2, -0.15) is 4.98 Å². The Morgan fingerprint density at radius 1 is 1.30 bits per heavy atom. The molecule has 1 unspecified atom stereocenters. The van der Waals surface area contributed by atoms with Crippen LogP contribution in [0.25, 0.3) is 11.4 Å². The Morgan fingerprint density at radius 2 is 2.20 bits per heavy atom. The Hall–Kier alpha value is -1.86. The number of nitrogens with zero attached hydrogens (tertiary/aromatic N) is 2. The minimum Gasteiger partial charge on any atom is -0.378 e. The van der Waals surface area contributed by atoms with E-state index in [2.05, 4.69) is 15.5 Å². The first-order chi connectivity index (χ1) is 9.72. The lowest BCUT2D eigenvalue weighted by Crippen LogP contribution is -2.42. The highest BCUT2D eigenvalue weighted by Gasteiger charge is 2.18. The standard InChI is InChI=1S/C13H13F2N3O2/c14-10-2-1-8(5-11(10)15)13-17-12(20-18-13)6-9-7-19-4-3-16-9/h1-2,5,9,16H,3-4,6-7H2. The van der Waals surface area contributed by atoms with Crippen LogP contribution in [0.4, 0.5) is 8.78 Å². The van der Waals surface area contributed by atoms with Gasteiger partial charge in [0.05, 0.1) is 13.2 Å². The number of halogens is 2. The molecular formula is C13H13F2N3O2. The first kappa shape index (κ1) is 13.1. The topological polar surface area (TPSA) is 60.2 Å². The average molecular weight is 281 g/mol. The van der Waals surface area contributed by atoms with Crippen LogP contribution in [0.5, 0.6) is 0 Å². The van der Waals surface area contributed by atoms with Gasteiger partial charge in [0.15, 0.2) is 11.6 Å². The zero-order valence-corrected chi connectivity index (χ0v) is 10.6. The van der Waals surface area contributed by atoms with Crippen molar-refractivity contribution in [3.63, 3.8) is 0 Å². The number of aromatic nitrogens is 2. The van der Waals surface area contributed by atoms with Gasteiger partial charge in [-0.05, 0) is 18.2 Å². The van der Waals surface area contributed by atoms with Gasteiger partial charge in [0.25, 0.3) is 0 Å². The molecule has 3 rings (SSSR count). The van der Waals surface area contributed by atoms with Crippen molar-refractivity contribution < 1.29 is 18.0 Å². The van der Waals surface area contributed by atoms with Gasteiger partial charge in [-0.25, -0.2) is 8.78 Å². The Bertz CT molecular complexity index is 597.